The third-order valence-electron chi connectivity index (χ3n) is 9.59. The Hall–Kier alpha value is -4.30. The van der Waals surface area contributed by atoms with E-state index >= 15 is 0 Å². The predicted octanol–water partition coefficient (Wildman–Crippen LogP) is 6.58. The highest BCUT2D eigenvalue weighted by Gasteiger charge is 2.60. The zero-order valence-corrected chi connectivity index (χ0v) is 25.0. The van der Waals surface area contributed by atoms with Crippen LogP contribution in [-0.2, 0) is 11.3 Å². The van der Waals surface area contributed by atoms with Crippen molar-refractivity contribution in [2.75, 3.05) is 0 Å². The van der Waals surface area contributed by atoms with Crippen LogP contribution in [0.1, 0.15) is 72.8 Å². The molecule has 3 heterocycles. The van der Waals surface area contributed by atoms with E-state index in [0.717, 1.165) is 63.3 Å². The number of aliphatic hydroxyl groups excluding tert-OH is 1. The van der Waals surface area contributed by atoms with Crippen LogP contribution in [0.2, 0.25) is 0 Å². The molecule has 0 spiro atoms. The van der Waals surface area contributed by atoms with E-state index in [1.807, 2.05) is 64.9 Å². The second-order valence-electron chi connectivity index (χ2n) is 12.6. The fourth-order valence-electron chi connectivity index (χ4n) is 7.46. The van der Waals surface area contributed by atoms with Gasteiger partial charge < -0.3 is 10.2 Å². The largest absolute Gasteiger partial charge is 0.481 e. The Morgan fingerprint density at radius 3 is 2.40 bits per heavy atom. The van der Waals surface area contributed by atoms with Crippen molar-refractivity contribution in [1.82, 2.24) is 24.5 Å². The molecule has 2 aromatic carbocycles. The lowest BCUT2D eigenvalue weighted by atomic mass is 9.95. The molecule has 0 amide bonds. The maximum Gasteiger partial charge on any atom is 0.307 e. The van der Waals surface area contributed by atoms with Gasteiger partial charge in [-0.05, 0) is 68.2 Å². The van der Waals surface area contributed by atoms with Crippen molar-refractivity contribution < 1.29 is 15.0 Å². The Bertz CT molecular complexity index is 1830. The second kappa shape index (κ2) is 10.5. The zero-order valence-electron chi connectivity index (χ0n) is 25.0. The van der Waals surface area contributed by atoms with Gasteiger partial charge in [0.1, 0.15) is 0 Å². The number of carbonyl (C=O) groups is 1. The standard InChI is InChI=1S/C35H37N5O3/c1-19(2)32-21(4)40(30-14-13-28(36-20(30)3)23-15-25-26(16-23)33(25)35(42)43)38-34(32)24-11-8-12-29-27(24)17-39(37-29)18-31(41)22-9-6-5-7-10-22/h5-14,17,19,23,25-26,31,33,41H,15-16,18H2,1-4H3,(H,42,43). The summed E-state index contributed by atoms with van der Waals surface area (Å²) in [6.07, 6.45) is 3.18. The normalized spacial score (nSPS) is 21.8. The minimum atomic E-state index is -0.654. The number of aryl methyl sites for hydroxylation is 1. The van der Waals surface area contributed by atoms with Gasteiger partial charge in [-0.3, -0.25) is 14.5 Å². The van der Waals surface area contributed by atoms with Gasteiger partial charge in [-0.2, -0.15) is 10.2 Å². The lowest BCUT2D eigenvalue weighted by Crippen LogP contribution is -2.10. The van der Waals surface area contributed by atoms with Crippen LogP contribution >= 0.6 is 0 Å². The second-order valence-corrected chi connectivity index (χ2v) is 12.6. The molecule has 220 valence electrons. The van der Waals surface area contributed by atoms with Crippen molar-refractivity contribution in [2.24, 2.45) is 17.8 Å². The summed E-state index contributed by atoms with van der Waals surface area (Å²) in [5, 5.41) is 31.2. The van der Waals surface area contributed by atoms with Crippen molar-refractivity contribution in [1.29, 1.82) is 0 Å². The summed E-state index contributed by atoms with van der Waals surface area (Å²) in [5.74, 6) is 0.389. The maximum atomic E-state index is 11.4. The first-order chi connectivity index (χ1) is 20.7. The van der Waals surface area contributed by atoms with Crippen LogP contribution in [0.5, 0.6) is 0 Å². The number of hydrogen-bond donors (Lipinski definition) is 2. The molecular formula is C35H37N5O3. The van der Waals surface area contributed by atoms with Crippen LogP contribution < -0.4 is 0 Å². The fraction of sp³-hybridized carbons (Fsp3) is 0.371. The van der Waals surface area contributed by atoms with Gasteiger partial charge in [0, 0.05) is 40.0 Å². The number of carboxylic acids is 1. The molecule has 5 aromatic rings. The van der Waals surface area contributed by atoms with E-state index in [4.69, 9.17) is 15.2 Å². The van der Waals surface area contributed by atoms with E-state index in [-0.39, 0.29) is 11.8 Å². The van der Waals surface area contributed by atoms with Crippen molar-refractivity contribution in [2.45, 2.75) is 65.0 Å². The summed E-state index contributed by atoms with van der Waals surface area (Å²) in [6.45, 7) is 8.91. The molecule has 2 aliphatic carbocycles. The Morgan fingerprint density at radius 1 is 0.977 bits per heavy atom. The highest BCUT2D eigenvalue weighted by molar-refractivity contribution is 5.94. The highest BCUT2D eigenvalue weighted by atomic mass is 16.4. The number of benzene rings is 2. The molecule has 0 aliphatic heterocycles. The molecule has 3 atom stereocenters. The Balaban J connectivity index is 1.21. The van der Waals surface area contributed by atoms with Gasteiger partial charge in [0.15, 0.2) is 0 Å². The Labute approximate surface area is 251 Å². The van der Waals surface area contributed by atoms with Crippen LogP contribution in [-0.4, -0.2) is 40.7 Å². The number of nitrogens with zero attached hydrogens (tertiary/aromatic N) is 5. The molecule has 8 nitrogen and oxygen atoms in total. The smallest absolute Gasteiger partial charge is 0.307 e. The molecule has 3 aromatic heterocycles. The minimum absolute atomic E-state index is 0.151. The number of hydrogen-bond acceptors (Lipinski definition) is 5. The number of carboxylic acid groups (broad SMARTS) is 1. The van der Waals surface area contributed by atoms with E-state index in [1.165, 1.54) is 5.56 Å². The zero-order chi connectivity index (χ0) is 30.0. The van der Waals surface area contributed by atoms with E-state index in [1.54, 1.807) is 0 Å². The summed E-state index contributed by atoms with van der Waals surface area (Å²) in [7, 11) is 0. The summed E-state index contributed by atoms with van der Waals surface area (Å²) in [5.41, 5.74) is 8.87. The molecular weight excluding hydrogens is 538 g/mol. The minimum Gasteiger partial charge on any atom is -0.481 e. The molecule has 0 bridgehead atoms. The molecule has 2 fully saturated rings. The fourth-order valence-corrected chi connectivity index (χ4v) is 7.46. The lowest BCUT2D eigenvalue weighted by Gasteiger charge is -2.15. The van der Waals surface area contributed by atoms with E-state index < -0.39 is 12.1 Å². The van der Waals surface area contributed by atoms with E-state index in [0.29, 0.717) is 24.3 Å². The first-order valence-electron chi connectivity index (χ1n) is 15.2. The third-order valence-corrected chi connectivity index (χ3v) is 9.59. The number of rotatable bonds is 8. The molecule has 8 heteroatoms. The summed E-state index contributed by atoms with van der Waals surface area (Å²) < 4.78 is 3.84. The van der Waals surface area contributed by atoms with Crippen LogP contribution in [0.25, 0.3) is 27.8 Å². The predicted molar refractivity (Wildman–Crippen MR) is 165 cm³/mol. The van der Waals surface area contributed by atoms with Gasteiger partial charge in [0.25, 0.3) is 0 Å². The molecule has 7 rings (SSSR count). The first-order valence-corrected chi connectivity index (χ1v) is 15.2. The first kappa shape index (κ1) is 27.5. The number of aromatic nitrogens is 5. The van der Waals surface area contributed by atoms with Crippen molar-refractivity contribution in [3.05, 3.63) is 95.1 Å². The number of pyridine rings is 1. The molecule has 3 unspecified atom stereocenters. The van der Waals surface area contributed by atoms with Gasteiger partial charge in [0.05, 0.1) is 41.2 Å². The summed E-state index contributed by atoms with van der Waals surface area (Å²) >= 11 is 0. The molecule has 0 radical (unpaired) electrons. The molecule has 43 heavy (non-hydrogen) atoms. The van der Waals surface area contributed by atoms with Crippen LogP contribution in [0.3, 0.4) is 0 Å². The highest BCUT2D eigenvalue weighted by Crippen LogP contribution is 2.62. The average Bonchev–Trinajstić information content (AvgIpc) is 3.29. The SMILES string of the molecule is Cc1nc(C2CC3C(C2)C3C(=O)O)ccc1-n1nc(-c2cccc3nn(CC(O)c4ccccc4)cc23)c(C(C)C)c1C. The third kappa shape index (κ3) is 4.74. The monoisotopic (exact) mass is 575 g/mol. The van der Waals surface area contributed by atoms with Gasteiger partial charge in [-0.15, -0.1) is 0 Å². The van der Waals surface area contributed by atoms with Crippen molar-refractivity contribution in [3.63, 3.8) is 0 Å². The van der Waals surface area contributed by atoms with Crippen molar-refractivity contribution >= 4 is 16.9 Å². The molecule has 2 N–H and O–H groups in total. The summed E-state index contributed by atoms with van der Waals surface area (Å²) in [4.78, 5) is 16.4. The molecule has 2 saturated carbocycles. The Kier molecular flexibility index (Phi) is 6.69. The molecule has 0 saturated heterocycles. The maximum absolute atomic E-state index is 11.4. The van der Waals surface area contributed by atoms with Gasteiger partial charge in [-0.1, -0.05) is 56.3 Å². The molecule has 2 aliphatic rings. The van der Waals surface area contributed by atoms with Gasteiger partial charge >= 0.3 is 5.97 Å². The van der Waals surface area contributed by atoms with Crippen LogP contribution in [0.15, 0.2) is 66.9 Å². The number of fused-ring (bicyclic) bond motifs is 2. The topological polar surface area (TPSA) is 106 Å². The van der Waals surface area contributed by atoms with Crippen LogP contribution in [0.4, 0.5) is 0 Å². The van der Waals surface area contributed by atoms with E-state index in [2.05, 4.69) is 39.0 Å². The van der Waals surface area contributed by atoms with Crippen molar-refractivity contribution in [3.8, 4) is 16.9 Å². The number of aliphatic carboxylic acids is 1. The average molecular weight is 576 g/mol. The Morgan fingerprint density at radius 2 is 1.72 bits per heavy atom. The van der Waals surface area contributed by atoms with E-state index in [9.17, 15) is 15.0 Å². The number of aliphatic hydroxyl groups is 1. The summed E-state index contributed by atoms with van der Waals surface area (Å²) in [6, 6.07) is 20.0. The quantitative estimate of drug-likeness (QED) is 0.216. The lowest BCUT2D eigenvalue weighted by molar-refractivity contribution is -0.139. The van der Waals surface area contributed by atoms with Crippen LogP contribution in [0, 0.1) is 31.6 Å². The van der Waals surface area contributed by atoms with Gasteiger partial charge in [-0.25, -0.2) is 4.68 Å². The van der Waals surface area contributed by atoms with Gasteiger partial charge in [0.2, 0.25) is 0 Å².